The third-order valence-electron chi connectivity index (χ3n) is 1.43. The fraction of sp³-hybridized carbons (Fsp3) is 0. The summed E-state index contributed by atoms with van der Waals surface area (Å²) in [7, 11) is 0. The Hall–Kier alpha value is -0.480. The van der Waals surface area contributed by atoms with Gasteiger partial charge < -0.3 is 4.98 Å². The highest BCUT2D eigenvalue weighted by Crippen LogP contribution is 2.18. The van der Waals surface area contributed by atoms with E-state index >= 15 is 0 Å². The molecule has 2 rings (SSSR count). The van der Waals surface area contributed by atoms with Crippen LogP contribution in [0.2, 0.25) is 0 Å². The summed E-state index contributed by atoms with van der Waals surface area (Å²) in [6.07, 6.45) is 0. The summed E-state index contributed by atoms with van der Waals surface area (Å²) in [6.45, 7) is 0. The van der Waals surface area contributed by atoms with Gasteiger partial charge in [-0.25, -0.2) is 4.98 Å². The highest BCUT2D eigenvalue weighted by Gasteiger charge is 1.98. The summed E-state index contributed by atoms with van der Waals surface area (Å²) in [5.74, 6) is 0. The Morgan fingerprint density at radius 3 is 3.09 bits per heavy atom. The SMILES string of the molecule is Sc1nc2ccc(Br)cc2[nH]1. The molecule has 2 aromatic rings. The molecule has 0 saturated carbocycles. The van der Waals surface area contributed by atoms with Gasteiger partial charge in [-0.1, -0.05) is 15.9 Å². The minimum atomic E-state index is 0.651. The van der Waals surface area contributed by atoms with E-state index < -0.39 is 0 Å². The molecule has 0 atom stereocenters. The smallest absolute Gasteiger partial charge is 0.163 e. The number of thiol groups is 1. The molecule has 0 spiro atoms. The van der Waals surface area contributed by atoms with Crippen LogP contribution < -0.4 is 0 Å². The van der Waals surface area contributed by atoms with Crippen LogP contribution in [0.25, 0.3) is 11.0 Å². The third kappa shape index (κ3) is 1.28. The zero-order valence-electron chi connectivity index (χ0n) is 5.50. The Morgan fingerprint density at radius 2 is 2.27 bits per heavy atom. The monoisotopic (exact) mass is 228 g/mol. The lowest BCUT2D eigenvalue weighted by molar-refractivity contribution is 1.09. The van der Waals surface area contributed by atoms with Crippen LogP contribution >= 0.6 is 28.6 Å². The van der Waals surface area contributed by atoms with Crippen LogP contribution in [-0.4, -0.2) is 9.97 Å². The summed E-state index contributed by atoms with van der Waals surface area (Å²) in [4.78, 5) is 7.16. The van der Waals surface area contributed by atoms with Crippen molar-refractivity contribution in [2.24, 2.45) is 0 Å². The fourth-order valence-corrected chi connectivity index (χ4v) is 1.56. The van der Waals surface area contributed by atoms with Crippen LogP contribution in [0.5, 0.6) is 0 Å². The van der Waals surface area contributed by atoms with Gasteiger partial charge in [0.1, 0.15) is 0 Å². The van der Waals surface area contributed by atoms with Gasteiger partial charge in [0, 0.05) is 4.47 Å². The van der Waals surface area contributed by atoms with Crippen molar-refractivity contribution in [2.75, 3.05) is 0 Å². The normalized spacial score (nSPS) is 10.7. The largest absolute Gasteiger partial charge is 0.333 e. The second-order valence-electron chi connectivity index (χ2n) is 2.22. The van der Waals surface area contributed by atoms with Gasteiger partial charge in [0.15, 0.2) is 5.16 Å². The van der Waals surface area contributed by atoms with E-state index in [-0.39, 0.29) is 0 Å². The molecule has 56 valence electrons. The van der Waals surface area contributed by atoms with Crippen molar-refractivity contribution in [2.45, 2.75) is 5.16 Å². The third-order valence-corrected chi connectivity index (χ3v) is 2.14. The topological polar surface area (TPSA) is 28.7 Å². The number of halogens is 1. The number of nitrogens with one attached hydrogen (secondary N) is 1. The van der Waals surface area contributed by atoms with Crippen LogP contribution in [0.4, 0.5) is 0 Å². The van der Waals surface area contributed by atoms with E-state index in [1.165, 1.54) is 0 Å². The molecule has 0 fully saturated rings. The minimum absolute atomic E-state index is 0.651. The lowest BCUT2D eigenvalue weighted by Crippen LogP contribution is -1.67. The van der Waals surface area contributed by atoms with E-state index in [2.05, 4.69) is 38.5 Å². The average Bonchev–Trinajstić information content (AvgIpc) is 2.27. The zero-order chi connectivity index (χ0) is 7.84. The van der Waals surface area contributed by atoms with E-state index in [4.69, 9.17) is 0 Å². The molecule has 0 radical (unpaired) electrons. The van der Waals surface area contributed by atoms with Crippen molar-refractivity contribution < 1.29 is 0 Å². The Bertz CT molecular complexity index is 396. The van der Waals surface area contributed by atoms with Crippen molar-refractivity contribution in [1.29, 1.82) is 0 Å². The molecule has 2 nitrogen and oxygen atoms in total. The quantitative estimate of drug-likeness (QED) is 0.668. The predicted molar refractivity (Wildman–Crippen MR) is 51.0 cm³/mol. The van der Waals surface area contributed by atoms with Crippen molar-refractivity contribution in [3.05, 3.63) is 22.7 Å². The molecule has 1 aromatic carbocycles. The molecule has 1 aromatic heterocycles. The second kappa shape index (κ2) is 2.53. The van der Waals surface area contributed by atoms with Gasteiger partial charge in [-0.15, -0.1) is 12.6 Å². The van der Waals surface area contributed by atoms with Gasteiger partial charge in [-0.2, -0.15) is 0 Å². The number of fused-ring (bicyclic) bond motifs is 1. The fourth-order valence-electron chi connectivity index (χ4n) is 0.968. The standard InChI is InChI=1S/C7H5BrN2S/c8-4-1-2-5-6(3-4)10-7(11)9-5/h1-3H,(H2,9,10,11). The van der Waals surface area contributed by atoms with E-state index in [9.17, 15) is 0 Å². The second-order valence-corrected chi connectivity index (χ2v) is 3.56. The molecule has 0 aliphatic heterocycles. The first-order chi connectivity index (χ1) is 5.25. The van der Waals surface area contributed by atoms with Crippen molar-refractivity contribution in [1.82, 2.24) is 9.97 Å². The molecule has 11 heavy (non-hydrogen) atoms. The summed E-state index contributed by atoms with van der Waals surface area (Å²) in [5.41, 5.74) is 1.95. The van der Waals surface area contributed by atoms with Gasteiger partial charge in [0.05, 0.1) is 11.0 Å². The molecule has 0 bridgehead atoms. The van der Waals surface area contributed by atoms with Crippen LogP contribution in [0.15, 0.2) is 27.8 Å². The zero-order valence-corrected chi connectivity index (χ0v) is 7.98. The van der Waals surface area contributed by atoms with Crippen LogP contribution in [-0.2, 0) is 0 Å². The molecule has 1 N–H and O–H groups in total. The van der Waals surface area contributed by atoms with Crippen molar-refractivity contribution in [3.8, 4) is 0 Å². The highest BCUT2D eigenvalue weighted by molar-refractivity contribution is 9.10. The number of aromatic nitrogens is 2. The van der Waals surface area contributed by atoms with Gasteiger partial charge in [0.25, 0.3) is 0 Å². The first-order valence-electron chi connectivity index (χ1n) is 3.10. The number of nitrogens with zero attached hydrogens (tertiary/aromatic N) is 1. The number of benzene rings is 1. The van der Waals surface area contributed by atoms with Crippen LogP contribution in [0.1, 0.15) is 0 Å². The minimum Gasteiger partial charge on any atom is -0.333 e. The molecule has 0 amide bonds. The molecular weight excluding hydrogens is 224 g/mol. The molecule has 0 saturated heterocycles. The van der Waals surface area contributed by atoms with Crippen molar-refractivity contribution >= 4 is 39.6 Å². The Labute approximate surface area is 77.6 Å². The summed E-state index contributed by atoms with van der Waals surface area (Å²) >= 11 is 7.46. The van der Waals surface area contributed by atoms with Gasteiger partial charge >= 0.3 is 0 Å². The Morgan fingerprint density at radius 1 is 1.45 bits per heavy atom. The van der Waals surface area contributed by atoms with E-state index in [1.807, 2.05) is 18.2 Å². The van der Waals surface area contributed by atoms with Crippen molar-refractivity contribution in [3.63, 3.8) is 0 Å². The molecule has 0 aliphatic carbocycles. The lowest BCUT2D eigenvalue weighted by atomic mass is 10.3. The van der Waals surface area contributed by atoms with E-state index in [0.717, 1.165) is 15.5 Å². The number of hydrogen-bond donors (Lipinski definition) is 2. The summed E-state index contributed by atoms with van der Waals surface area (Å²) in [6, 6.07) is 5.87. The van der Waals surface area contributed by atoms with Gasteiger partial charge in [-0.05, 0) is 18.2 Å². The average molecular weight is 229 g/mol. The number of hydrogen-bond acceptors (Lipinski definition) is 2. The first-order valence-corrected chi connectivity index (χ1v) is 4.34. The maximum atomic E-state index is 4.14. The maximum Gasteiger partial charge on any atom is 0.163 e. The van der Waals surface area contributed by atoms with Gasteiger partial charge in [0.2, 0.25) is 0 Å². The molecule has 0 aliphatic rings. The van der Waals surface area contributed by atoms with Gasteiger partial charge in [-0.3, -0.25) is 0 Å². The Kier molecular flexibility index (Phi) is 1.65. The predicted octanol–water partition coefficient (Wildman–Crippen LogP) is 2.61. The van der Waals surface area contributed by atoms with E-state index in [0.29, 0.717) is 5.16 Å². The summed E-state index contributed by atoms with van der Waals surface area (Å²) < 4.78 is 1.04. The number of aromatic amines is 1. The first kappa shape index (κ1) is 7.18. The van der Waals surface area contributed by atoms with E-state index in [1.54, 1.807) is 0 Å². The number of rotatable bonds is 0. The number of H-pyrrole nitrogens is 1. The molecule has 0 unspecified atom stereocenters. The Balaban J connectivity index is 2.82. The van der Waals surface area contributed by atoms with Crippen LogP contribution in [0.3, 0.4) is 0 Å². The molecular formula is C7H5BrN2S. The number of imidazole rings is 1. The summed E-state index contributed by atoms with van der Waals surface area (Å²) in [5, 5.41) is 0.651. The highest BCUT2D eigenvalue weighted by atomic mass is 79.9. The maximum absolute atomic E-state index is 4.14. The lowest BCUT2D eigenvalue weighted by Gasteiger charge is -1.87. The van der Waals surface area contributed by atoms with Crippen LogP contribution in [0, 0.1) is 0 Å². The molecule has 1 heterocycles. The molecule has 4 heteroatoms.